The molecule has 0 aliphatic heterocycles. The zero-order chi connectivity index (χ0) is 73.3. The molecule has 10 fully saturated rings. The minimum Gasteiger partial charge on any atom is -0.269 e. The van der Waals surface area contributed by atoms with Crippen LogP contribution in [0.2, 0.25) is 0 Å². The van der Waals surface area contributed by atoms with Crippen LogP contribution in [-0.4, -0.2) is 0 Å². The molecular weight excluding hydrogens is 1460 g/mol. The number of benzene rings is 5. The number of rotatable bonds is 15. The SMILES string of the molecule is CCC1CCC(C2CCC(c3ccc(S)cc3)CC2)CC1.CCC1CCC(C2CCC(c3ccc(S)cc3)CC2)CC1.CCC1CCC(C2CCC(c3ccc(S)cc3)CC2)CC1.CCC1CCC(C2CCC(c3ccc(S)cc3)CC2)CC1.CCC1CCC(C2CCC(c3ccc(S)cc3)CC2)CC1.F.F.F.F.F. The summed E-state index contributed by atoms with van der Waals surface area (Å²) in [7, 11) is 0. The fraction of sp³-hybridized carbons (Fsp3) is 0.700. The highest BCUT2D eigenvalue weighted by atomic mass is 32.1. The molecule has 5 aromatic carbocycles. The van der Waals surface area contributed by atoms with Crippen LogP contribution in [0.4, 0.5) is 23.5 Å². The quantitative estimate of drug-likeness (QED) is 0.0501. The van der Waals surface area contributed by atoms with Gasteiger partial charge in [-0.3, -0.25) is 23.5 Å². The van der Waals surface area contributed by atoms with Crippen LogP contribution in [0.15, 0.2) is 146 Å². The molecule has 5 aromatic rings. The molecule has 10 aliphatic carbocycles. The number of thiol groups is 5. The Balaban J connectivity index is 0.000000212. The maximum atomic E-state index is 4.39. The average molecular weight is 1610 g/mol. The standard InChI is InChI=1S/5C20H30S.5FH/c5*1-2-15-3-5-16(6-4-15)17-7-9-18(10-8-17)19-11-13-20(21)14-12-19;;;;;/h5*11-18,21H,2-10H2,1H3;5*1H. The maximum absolute atomic E-state index is 4.39. The van der Waals surface area contributed by atoms with Gasteiger partial charge in [0.1, 0.15) is 0 Å². The molecular formula is C100H155F5S5. The highest BCUT2D eigenvalue weighted by Crippen LogP contribution is 2.50. The van der Waals surface area contributed by atoms with Gasteiger partial charge in [-0.1, -0.05) is 192 Å². The third kappa shape index (κ3) is 29.5. The molecule has 10 heteroatoms. The van der Waals surface area contributed by atoms with Crippen molar-refractivity contribution in [3.8, 4) is 0 Å². The van der Waals surface area contributed by atoms with Crippen LogP contribution in [0.3, 0.4) is 0 Å². The Labute approximate surface area is 697 Å². The molecule has 0 spiro atoms. The zero-order valence-electron chi connectivity index (χ0n) is 69.2. The molecule has 0 N–H and O–H groups in total. The van der Waals surface area contributed by atoms with E-state index in [0.717, 1.165) is 143 Å². The van der Waals surface area contributed by atoms with Crippen LogP contribution < -0.4 is 0 Å². The van der Waals surface area contributed by atoms with E-state index in [4.69, 9.17) is 0 Å². The van der Waals surface area contributed by atoms with Crippen LogP contribution in [-0.2, 0) is 0 Å². The lowest BCUT2D eigenvalue weighted by molar-refractivity contribution is 0.158. The maximum Gasteiger partial charge on any atom is 0.00401 e. The molecule has 110 heavy (non-hydrogen) atoms. The summed E-state index contributed by atoms with van der Waals surface area (Å²) >= 11 is 22.0. The van der Waals surface area contributed by atoms with Crippen molar-refractivity contribution in [2.75, 3.05) is 0 Å². The largest absolute Gasteiger partial charge is 0.269 e. The molecule has 0 aromatic heterocycles. The normalized spacial score (nSPS) is 32.3. The molecule has 15 rings (SSSR count). The Morgan fingerprint density at radius 1 is 0.164 bits per heavy atom. The number of hydrogen-bond acceptors (Lipinski definition) is 5. The summed E-state index contributed by atoms with van der Waals surface area (Å²) in [6, 6.07) is 44.4. The van der Waals surface area contributed by atoms with Gasteiger partial charge in [-0.05, 0) is 399 Å². The molecule has 0 bridgehead atoms. The lowest BCUT2D eigenvalue weighted by Crippen LogP contribution is -2.25. The summed E-state index contributed by atoms with van der Waals surface area (Å²) < 4.78 is 0. The molecule has 10 saturated carbocycles. The van der Waals surface area contributed by atoms with Gasteiger partial charge in [0, 0.05) is 24.5 Å². The molecule has 10 aliphatic rings. The summed E-state index contributed by atoms with van der Waals surface area (Å²) in [5.41, 5.74) is 7.71. The predicted molar refractivity (Wildman–Crippen MR) is 483 cm³/mol. The van der Waals surface area contributed by atoms with E-state index in [1.807, 2.05) is 0 Å². The summed E-state index contributed by atoms with van der Waals surface area (Å²) in [5, 5.41) is 0. The monoisotopic (exact) mass is 1610 g/mol. The zero-order valence-corrected chi connectivity index (χ0v) is 73.7. The second kappa shape index (κ2) is 51.0. The fourth-order valence-corrected chi connectivity index (χ4v) is 24.4. The molecule has 0 saturated heterocycles. The molecule has 0 atom stereocenters. The second-order valence-corrected chi connectivity index (χ2v) is 39.5. The lowest BCUT2D eigenvalue weighted by Gasteiger charge is -2.38. The van der Waals surface area contributed by atoms with E-state index in [-0.39, 0.29) is 23.5 Å². The Hall–Kier alpha value is -2.50. The molecule has 0 nitrogen and oxygen atoms in total. The average Bonchev–Trinajstić information content (AvgIpc) is 0.854. The first-order valence-electron chi connectivity index (χ1n) is 45.2. The minimum absolute atomic E-state index is 0. The van der Waals surface area contributed by atoms with Gasteiger partial charge in [-0.15, -0.1) is 63.1 Å². The van der Waals surface area contributed by atoms with Gasteiger partial charge in [0.25, 0.3) is 0 Å². The molecule has 0 amide bonds. The van der Waals surface area contributed by atoms with Crippen molar-refractivity contribution in [1.82, 2.24) is 0 Å². The number of halogens is 5. The first-order valence-corrected chi connectivity index (χ1v) is 47.5. The van der Waals surface area contributed by atoms with Crippen molar-refractivity contribution >= 4 is 63.1 Å². The van der Waals surface area contributed by atoms with E-state index in [1.165, 1.54) is 289 Å². The van der Waals surface area contributed by atoms with Gasteiger partial charge in [0.2, 0.25) is 0 Å². The van der Waals surface area contributed by atoms with Crippen molar-refractivity contribution in [1.29, 1.82) is 0 Å². The highest BCUT2D eigenvalue weighted by molar-refractivity contribution is 7.81. The van der Waals surface area contributed by atoms with Crippen molar-refractivity contribution in [3.05, 3.63) is 149 Å². The third-order valence-corrected chi connectivity index (χ3v) is 32.8. The van der Waals surface area contributed by atoms with Crippen LogP contribution >= 0.6 is 63.1 Å². The lowest BCUT2D eigenvalue weighted by atomic mass is 9.68. The summed E-state index contributed by atoms with van der Waals surface area (Å²) in [6.07, 6.45) is 66.0. The van der Waals surface area contributed by atoms with E-state index in [9.17, 15) is 0 Å². The summed E-state index contributed by atoms with van der Waals surface area (Å²) in [4.78, 5) is 5.42. The van der Waals surface area contributed by atoms with Crippen LogP contribution in [0, 0.1) is 88.8 Å². The van der Waals surface area contributed by atoms with E-state index in [1.54, 1.807) is 27.8 Å². The van der Waals surface area contributed by atoms with Crippen molar-refractivity contribution in [2.45, 2.75) is 378 Å². The summed E-state index contributed by atoms with van der Waals surface area (Å²) in [5.74, 6) is 19.6. The van der Waals surface area contributed by atoms with Gasteiger partial charge in [0.05, 0.1) is 0 Å². The fourth-order valence-electron chi connectivity index (χ4n) is 23.7. The predicted octanol–water partition coefficient (Wildman–Crippen LogP) is 33.1. The Bertz CT molecular complexity index is 2620. The van der Waals surface area contributed by atoms with Crippen molar-refractivity contribution in [3.63, 3.8) is 0 Å². The number of hydrogen-bond donors (Lipinski definition) is 5. The Morgan fingerprint density at radius 3 is 0.364 bits per heavy atom. The Morgan fingerprint density at radius 2 is 0.264 bits per heavy atom. The topological polar surface area (TPSA) is 0 Å². The molecule has 620 valence electrons. The highest BCUT2D eigenvalue weighted by Gasteiger charge is 2.37. The van der Waals surface area contributed by atoms with Crippen LogP contribution in [0.1, 0.15) is 381 Å². The van der Waals surface area contributed by atoms with E-state index in [2.05, 4.69) is 219 Å². The minimum atomic E-state index is 0. The van der Waals surface area contributed by atoms with Gasteiger partial charge in [-0.25, -0.2) is 0 Å². The van der Waals surface area contributed by atoms with Gasteiger partial charge >= 0.3 is 0 Å². The molecule has 0 heterocycles. The van der Waals surface area contributed by atoms with E-state index in [0.29, 0.717) is 0 Å². The first kappa shape index (κ1) is 96.3. The van der Waals surface area contributed by atoms with Gasteiger partial charge < -0.3 is 0 Å². The third-order valence-electron chi connectivity index (χ3n) is 31.4. The molecule has 0 radical (unpaired) electrons. The first-order chi connectivity index (χ1) is 51.3. The van der Waals surface area contributed by atoms with Crippen molar-refractivity contribution < 1.29 is 23.5 Å². The van der Waals surface area contributed by atoms with Crippen molar-refractivity contribution in [2.24, 2.45) is 88.8 Å². The van der Waals surface area contributed by atoms with E-state index >= 15 is 0 Å². The van der Waals surface area contributed by atoms with E-state index < -0.39 is 0 Å². The smallest absolute Gasteiger partial charge is 0.00401 e. The second-order valence-electron chi connectivity index (χ2n) is 37.0. The van der Waals surface area contributed by atoms with Gasteiger partial charge in [0.15, 0.2) is 0 Å². The molecule has 0 unspecified atom stereocenters. The van der Waals surface area contributed by atoms with Gasteiger partial charge in [-0.2, -0.15) is 0 Å². The van der Waals surface area contributed by atoms with Crippen LogP contribution in [0.25, 0.3) is 0 Å². The van der Waals surface area contributed by atoms with Crippen LogP contribution in [0.5, 0.6) is 0 Å². The Kier molecular flexibility index (Phi) is 44.6. The summed E-state index contributed by atoms with van der Waals surface area (Å²) in [6.45, 7) is 11.8.